The molecule has 5 rings (SSSR count). The smallest absolute Gasteiger partial charge is 0.228 e. The third kappa shape index (κ3) is 4.64. The number of rotatable bonds is 9. The summed E-state index contributed by atoms with van der Waals surface area (Å²) in [4.78, 5) is 16.8. The van der Waals surface area contributed by atoms with Crippen LogP contribution < -0.4 is 15.5 Å². The van der Waals surface area contributed by atoms with Crippen molar-refractivity contribution in [3.8, 4) is 0 Å². The number of aryl methyl sites for hydroxylation is 1. The summed E-state index contributed by atoms with van der Waals surface area (Å²) in [6, 6.07) is 4.97. The Kier molecular flexibility index (Phi) is 6.39. The second-order valence-corrected chi connectivity index (χ2v) is 8.76. The maximum atomic E-state index is 5.60. The summed E-state index contributed by atoms with van der Waals surface area (Å²) in [6.07, 6.45) is 4.20. The van der Waals surface area contributed by atoms with E-state index in [1.54, 1.807) is 13.3 Å². The molecular weight excluding hydrogens is 420 g/mol. The third-order valence-corrected chi connectivity index (χ3v) is 6.24. The standard InChI is InChI=1S/C23H32N8O2/c1-4-33-10-9-31-21-20(18(29-31)14-32-3)27-23(30-12-16-5-6-17(13-30)25-16)28-22(21)26-19-11-15(2)7-8-24-19/h7-8,11,16-17,25H,4-6,9-10,12-14H2,1-3H3,(H,24,26,27,28). The Balaban J connectivity index is 1.60. The molecule has 2 saturated heterocycles. The molecule has 176 valence electrons. The van der Waals surface area contributed by atoms with Crippen molar-refractivity contribution < 1.29 is 9.47 Å². The summed E-state index contributed by atoms with van der Waals surface area (Å²) in [6.45, 7) is 8.05. The van der Waals surface area contributed by atoms with Gasteiger partial charge in [0.25, 0.3) is 0 Å². The maximum Gasteiger partial charge on any atom is 0.228 e. The molecule has 3 aromatic rings. The van der Waals surface area contributed by atoms with Gasteiger partial charge < -0.3 is 25.0 Å². The van der Waals surface area contributed by atoms with Crippen molar-refractivity contribution in [3.63, 3.8) is 0 Å². The Hall–Kier alpha value is -2.82. The fourth-order valence-electron chi connectivity index (χ4n) is 4.74. The van der Waals surface area contributed by atoms with Crippen molar-refractivity contribution in [2.45, 2.75) is 51.9 Å². The van der Waals surface area contributed by atoms with Gasteiger partial charge in [0.1, 0.15) is 22.5 Å². The van der Waals surface area contributed by atoms with Crippen LogP contribution in [0.3, 0.4) is 0 Å². The Bertz CT molecular complexity index is 1110. The molecule has 0 amide bonds. The van der Waals surface area contributed by atoms with Crippen molar-refractivity contribution in [2.24, 2.45) is 0 Å². The van der Waals surface area contributed by atoms with Crippen LogP contribution in [-0.2, 0) is 22.6 Å². The van der Waals surface area contributed by atoms with Gasteiger partial charge in [0.15, 0.2) is 5.82 Å². The summed E-state index contributed by atoms with van der Waals surface area (Å²) in [5, 5.41) is 11.9. The zero-order valence-electron chi connectivity index (χ0n) is 19.5. The van der Waals surface area contributed by atoms with Crippen LogP contribution in [0.25, 0.3) is 11.0 Å². The van der Waals surface area contributed by atoms with E-state index in [1.807, 2.05) is 30.7 Å². The number of piperazine rings is 1. The van der Waals surface area contributed by atoms with Crippen LogP contribution >= 0.6 is 0 Å². The van der Waals surface area contributed by atoms with E-state index in [0.717, 1.165) is 47.1 Å². The highest BCUT2D eigenvalue weighted by molar-refractivity contribution is 5.90. The average molecular weight is 453 g/mol. The second kappa shape index (κ2) is 9.58. The van der Waals surface area contributed by atoms with E-state index in [1.165, 1.54) is 12.8 Å². The molecule has 3 aromatic heterocycles. The first-order chi connectivity index (χ1) is 16.1. The van der Waals surface area contributed by atoms with Crippen molar-refractivity contribution in [1.29, 1.82) is 0 Å². The molecule has 2 aliphatic rings. The number of anilines is 3. The number of methoxy groups -OCH3 is 1. The average Bonchev–Trinajstić information content (AvgIpc) is 3.33. The highest BCUT2D eigenvalue weighted by Crippen LogP contribution is 2.31. The fourth-order valence-corrected chi connectivity index (χ4v) is 4.74. The van der Waals surface area contributed by atoms with E-state index in [4.69, 9.17) is 24.5 Å². The SMILES string of the molecule is CCOCCn1nc(COC)c2nc(N3CC4CCC(C3)N4)nc(Nc3cc(C)ccn3)c21. The summed E-state index contributed by atoms with van der Waals surface area (Å²) in [5.41, 5.74) is 3.57. The molecule has 10 heteroatoms. The molecule has 2 bridgehead atoms. The van der Waals surface area contributed by atoms with Crippen LogP contribution in [-0.4, -0.2) is 70.2 Å². The lowest BCUT2D eigenvalue weighted by molar-refractivity contribution is 0.136. The molecule has 5 heterocycles. The predicted octanol–water partition coefficient (Wildman–Crippen LogP) is 2.40. The lowest BCUT2D eigenvalue weighted by Gasteiger charge is -2.33. The van der Waals surface area contributed by atoms with Crippen molar-refractivity contribution in [2.75, 3.05) is 43.6 Å². The van der Waals surface area contributed by atoms with Crippen molar-refractivity contribution in [1.82, 2.24) is 30.0 Å². The zero-order chi connectivity index (χ0) is 22.8. The first kappa shape index (κ1) is 22.0. The molecule has 2 aliphatic heterocycles. The number of pyridine rings is 1. The number of ether oxygens (including phenoxy) is 2. The van der Waals surface area contributed by atoms with E-state index in [2.05, 4.69) is 20.5 Å². The van der Waals surface area contributed by atoms with Crippen LogP contribution in [0.2, 0.25) is 0 Å². The molecule has 2 N–H and O–H groups in total. The predicted molar refractivity (Wildman–Crippen MR) is 127 cm³/mol. The van der Waals surface area contributed by atoms with Crippen LogP contribution in [0.1, 0.15) is 31.0 Å². The third-order valence-electron chi connectivity index (χ3n) is 6.24. The van der Waals surface area contributed by atoms with Gasteiger partial charge in [0, 0.05) is 45.1 Å². The van der Waals surface area contributed by atoms with Crippen LogP contribution in [0.4, 0.5) is 17.6 Å². The Morgan fingerprint density at radius 1 is 1.21 bits per heavy atom. The van der Waals surface area contributed by atoms with E-state index >= 15 is 0 Å². The summed E-state index contributed by atoms with van der Waals surface area (Å²) < 4.78 is 13.0. The van der Waals surface area contributed by atoms with Gasteiger partial charge in [-0.2, -0.15) is 10.1 Å². The fraction of sp³-hybridized carbons (Fsp3) is 0.565. The first-order valence-electron chi connectivity index (χ1n) is 11.7. The van der Waals surface area contributed by atoms with Crippen LogP contribution in [0.15, 0.2) is 18.3 Å². The number of nitrogens with one attached hydrogen (secondary N) is 2. The largest absolute Gasteiger partial charge is 0.380 e. The molecule has 2 unspecified atom stereocenters. The van der Waals surface area contributed by atoms with Gasteiger partial charge in [-0.3, -0.25) is 4.68 Å². The molecular formula is C23H32N8O2. The topological polar surface area (TPSA) is 102 Å². The molecule has 10 nitrogen and oxygen atoms in total. The van der Waals surface area contributed by atoms with Gasteiger partial charge in [-0.1, -0.05) is 0 Å². The lowest BCUT2D eigenvalue weighted by Crippen LogP contribution is -2.51. The van der Waals surface area contributed by atoms with Gasteiger partial charge in [0.05, 0.1) is 19.8 Å². The monoisotopic (exact) mass is 452 g/mol. The minimum atomic E-state index is 0.379. The molecule has 0 aromatic carbocycles. The Labute approximate surface area is 193 Å². The number of fused-ring (bicyclic) bond motifs is 3. The van der Waals surface area contributed by atoms with Crippen molar-refractivity contribution in [3.05, 3.63) is 29.6 Å². The van der Waals surface area contributed by atoms with E-state index < -0.39 is 0 Å². The van der Waals surface area contributed by atoms with E-state index in [0.29, 0.717) is 44.3 Å². The Morgan fingerprint density at radius 3 is 2.76 bits per heavy atom. The highest BCUT2D eigenvalue weighted by Gasteiger charge is 2.34. The maximum absolute atomic E-state index is 5.60. The molecule has 2 fully saturated rings. The second-order valence-electron chi connectivity index (χ2n) is 8.76. The lowest BCUT2D eigenvalue weighted by atomic mass is 10.2. The summed E-state index contributed by atoms with van der Waals surface area (Å²) in [7, 11) is 1.68. The van der Waals surface area contributed by atoms with Gasteiger partial charge >= 0.3 is 0 Å². The first-order valence-corrected chi connectivity index (χ1v) is 11.7. The minimum absolute atomic E-state index is 0.379. The molecule has 2 atom stereocenters. The molecule has 0 saturated carbocycles. The van der Waals surface area contributed by atoms with E-state index in [9.17, 15) is 0 Å². The summed E-state index contributed by atoms with van der Waals surface area (Å²) in [5.74, 6) is 2.16. The number of hydrogen-bond acceptors (Lipinski definition) is 9. The molecule has 0 spiro atoms. The van der Waals surface area contributed by atoms with Crippen molar-refractivity contribution >= 4 is 28.6 Å². The van der Waals surface area contributed by atoms with Gasteiger partial charge in [-0.25, -0.2) is 9.97 Å². The Morgan fingerprint density at radius 2 is 2.03 bits per heavy atom. The zero-order valence-corrected chi connectivity index (χ0v) is 19.5. The number of hydrogen-bond donors (Lipinski definition) is 2. The normalized spacial score (nSPS) is 20.0. The van der Waals surface area contributed by atoms with Gasteiger partial charge in [-0.15, -0.1) is 0 Å². The number of nitrogens with zero attached hydrogens (tertiary/aromatic N) is 6. The minimum Gasteiger partial charge on any atom is -0.380 e. The van der Waals surface area contributed by atoms with Crippen LogP contribution in [0, 0.1) is 6.92 Å². The quantitative estimate of drug-likeness (QED) is 0.474. The highest BCUT2D eigenvalue weighted by atomic mass is 16.5. The van der Waals surface area contributed by atoms with Gasteiger partial charge in [-0.05, 0) is 44.4 Å². The van der Waals surface area contributed by atoms with Gasteiger partial charge in [0.2, 0.25) is 5.95 Å². The van der Waals surface area contributed by atoms with Crippen LogP contribution in [0.5, 0.6) is 0 Å². The number of aromatic nitrogens is 5. The summed E-state index contributed by atoms with van der Waals surface area (Å²) >= 11 is 0. The van der Waals surface area contributed by atoms with E-state index in [-0.39, 0.29) is 0 Å². The molecule has 33 heavy (non-hydrogen) atoms. The molecule has 0 aliphatic carbocycles. The molecule has 0 radical (unpaired) electrons.